The number of carbonyl (C=O) groups is 1. The molecule has 1 saturated heterocycles. The molecule has 0 spiro atoms. The molecule has 8 nitrogen and oxygen atoms in total. The monoisotopic (exact) mass is 444 g/mol. The molecule has 0 saturated carbocycles. The molecule has 1 atom stereocenters. The van der Waals surface area contributed by atoms with Gasteiger partial charge in [0.2, 0.25) is 5.91 Å². The Morgan fingerprint density at radius 2 is 1.76 bits per heavy atom. The minimum Gasteiger partial charge on any atom is -0.497 e. The molecule has 1 aliphatic rings. The summed E-state index contributed by atoms with van der Waals surface area (Å²) in [5.74, 6) is 0.0240. The minimum absolute atomic E-state index is 0.356. The number of aromatic nitrogens is 2. The van der Waals surface area contributed by atoms with E-state index >= 15 is 0 Å². The van der Waals surface area contributed by atoms with E-state index in [1.54, 1.807) is 7.11 Å². The van der Waals surface area contributed by atoms with Gasteiger partial charge in [-0.3, -0.25) is 4.79 Å². The third kappa shape index (κ3) is 5.21. The van der Waals surface area contributed by atoms with E-state index in [-0.39, 0.29) is 5.91 Å². The molecular formula is C25H28N6O2. The first kappa shape index (κ1) is 22.5. The van der Waals surface area contributed by atoms with Crippen LogP contribution < -0.4 is 15.0 Å². The van der Waals surface area contributed by atoms with Crippen molar-refractivity contribution in [3.8, 4) is 11.8 Å². The van der Waals surface area contributed by atoms with E-state index in [1.807, 2.05) is 48.5 Å². The second-order valence-electron chi connectivity index (χ2n) is 8.16. The van der Waals surface area contributed by atoms with E-state index in [4.69, 9.17) is 14.7 Å². The second-order valence-corrected chi connectivity index (χ2v) is 8.16. The Bertz CT molecular complexity index is 1150. The number of nitrogens with zero attached hydrogens (tertiary/aromatic N) is 5. The van der Waals surface area contributed by atoms with E-state index in [0.717, 1.165) is 43.0 Å². The molecule has 33 heavy (non-hydrogen) atoms. The topological polar surface area (TPSA) is 94.4 Å². The number of benzene rings is 2. The molecule has 0 aliphatic carbocycles. The zero-order chi connectivity index (χ0) is 23.2. The van der Waals surface area contributed by atoms with Gasteiger partial charge in [-0.05, 0) is 43.3 Å². The summed E-state index contributed by atoms with van der Waals surface area (Å²) in [6, 6.07) is 17.4. The summed E-state index contributed by atoms with van der Waals surface area (Å²) in [7, 11) is 3.71. The summed E-state index contributed by atoms with van der Waals surface area (Å²) in [6.07, 6.45) is 0.655. The first-order valence-corrected chi connectivity index (χ1v) is 11.1. The molecule has 8 heteroatoms. The second kappa shape index (κ2) is 10.3. The van der Waals surface area contributed by atoms with Crippen LogP contribution in [-0.4, -0.2) is 67.7 Å². The van der Waals surface area contributed by atoms with Crippen molar-refractivity contribution in [2.24, 2.45) is 0 Å². The quantitative estimate of drug-likeness (QED) is 0.598. The Kier molecular flexibility index (Phi) is 7.01. The number of piperazine rings is 1. The summed E-state index contributed by atoms with van der Waals surface area (Å²) in [6.45, 7) is 3.74. The predicted octanol–water partition coefficient (Wildman–Crippen LogP) is 2.36. The highest BCUT2D eigenvalue weighted by atomic mass is 16.5. The summed E-state index contributed by atoms with van der Waals surface area (Å²) in [5, 5.41) is 12.8. The fraction of sp³-hybridized carbons (Fsp3) is 0.360. The summed E-state index contributed by atoms with van der Waals surface area (Å²) in [4.78, 5) is 27.0. The van der Waals surface area contributed by atoms with Crippen molar-refractivity contribution in [3.63, 3.8) is 0 Å². The Morgan fingerprint density at radius 1 is 1.09 bits per heavy atom. The first-order chi connectivity index (χ1) is 16.1. The molecular weight excluding hydrogens is 416 g/mol. The van der Waals surface area contributed by atoms with Crippen molar-refractivity contribution >= 4 is 22.8 Å². The maximum Gasteiger partial charge on any atom is 0.243 e. The van der Waals surface area contributed by atoms with Gasteiger partial charge in [-0.15, -0.1) is 0 Å². The molecule has 0 bridgehead atoms. The van der Waals surface area contributed by atoms with E-state index in [2.05, 4.69) is 28.2 Å². The molecule has 0 unspecified atom stereocenters. The van der Waals surface area contributed by atoms with Crippen LogP contribution >= 0.6 is 0 Å². The van der Waals surface area contributed by atoms with Crippen LogP contribution in [0.2, 0.25) is 0 Å². The van der Waals surface area contributed by atoms with Gasteiger partial charge in [0.15, 0.2) is 11.7 Å². The fourth-order valence-electron chi connectivity index (χ4n) is 3.92. The van der Waals surface area contributed by atoms with Crippen LogP contribution in [0.1, 0.15) is 17.2 Å². The lowest BCUT2D eigenvalue weighted by molar-refractivity contribution is -0.121. The van der Waals surface area contributed by atoms with Gasteiger partial charge in [0.1, 0.15) is 11.4 Å². The summed E-state index contributed by atoms with van der Waals surface area (Å²) in [5.41, 5.74) is 2.93. The molecule has 1 aliphatic heterocycles. The van der Waals surface area contributed by atoms with Crippen molar-refractivity contribution in [1.82, 2.24) is 20.2 Å². The number of hydrogen-bond acceptors (Lipinski definition) is 7. The van der Waals surface area contributed by atoms with Crippen molar-refractivity contribution in [2.75, 3.05) is 51.8 Å². The fourth-order valence-corrected chi connectivity index (χ4v) is 3.92. The maximum atomic E-state index is 13.0. The van der Waals surface area contributed by atoms with Gasteiger partial charge in [0.05, 0.1) is 24.2 Å². The standard InChI is InChI=1S/C25H28N6O2/c1-30-13-15-31(16-14-30)24-23(28-21-5-3-4-6-22(21)29-24)20(17-26)25(32)27-12-11-18-7-9-19(33-2)10-8-18/h3-10,20H,11-16H2,1-2H3,(H,27,32)/t20-/m1/s1. The van der Waals surface area contributed by atoms with Crippen LogP contribution in [0.4, 0.5) is 5.82 Å². The maximum absolute atomic E-state index is 13.0. The van der Waals surface area contributed by atoms with Crippen molar-refractivity contribution < 1.29 is 9.53 Å². The first-order valence-electron chi connectivity index (χ1n) is 11.1. The van der Waals surface area contributed by atoms with E-state index in [9.17, 15) is 10.1 Å². The third-order valence-corrected chi connectivity index (χ3v) is 5.92. The van der Waals surface area contributed by atoms with Crippen LogP contribution in [0.15, 0.2) is 48.5 Å². The molecule has 1 N–H and O–H groups in total. The Hall–Kier alpha value is -3.70. The lowest BCUT2D eigenvalue weighted by Crippen LogP contribution is -2.45. The summed E-state index contributed by atoms with van der Waals surface area (Å²) >= 11 is 0. The van der Waals surface area contributed by atoms with E-state index < -0.39 is 5.92 Å². The smallest absolute Gasteiger partial charge is 0.243 e. The molecule has 1 fully saturated rings. The lowest BCUT2D eigenvalue weighted by atomic mass is 10.0. The molecule has 0 radical (unpaired) electrons. The largest absolute Gasteiger partial charge is 0.497 e. The number of fused-ring (bicyclic) bond motifs is 1. The molecule has 170 valence electrons. The number of rotatable bonds is 7. The predicted molar refractivity (Wildman–Crippen MR) is 127 cm³/mol. The number of carbonyl (C=O) groups excluding carboxylic acids is 1. The number of para-hydroxylation sites is 2. The number of anilines is 1. The number of ether oxygens (including phenoxy) is 1. The Balaban J connectivity index is 1.54. The summed E-state index contributed by atoms with van der Waals surface area (Å²) < 4.78 is 5.18. The van der Waals surface area contributed by atoms with E-state index in [0.29, 0.717) is 30.0 Å². The average molecular weight is 445 g/mol. The van der Waals surface area contributed by atoms with Gasteiger partial charge in [-0.2, -0.15) is 5.26 Å². The van der Waals surface area contributed by atoms with Crippen LogP contribution in [-0.2, 0) is 11.2 Å². The molecule has 1 amide bonds. The van der Waals surface area contributed by atoms with Gasteiger partial charge in [0.25, 0.3) is 0 Å². The lowest BCUT2D eigenvalue weighted by Gasteiger charge is -2.34. The van der Waals surface area contributed by atoms with Gasteiger partial charge in [-0.1, -0.05) is 24.3 Å². The minimum atomic E-state index is -1.03. The third-order valence-electron chi connectivity index (χ3n) is 5.92. The highest BCUT2D eigenvalue weighted by molar-refractivity contribution is 5.88. The number of methoxy groups -OCH3 is 1. The zero-order valence-corrected chi connectivity index (χ0v) is 19.0. The number of nitriles is 1. The normalized spacial score (nSPS) is 15.1. The molecule has 4 rings (SSSR count). The highest BCUT2D eigenvalue weighted by Crippen LogP contribution is 2.28. The average Bonchev–Trinajstić information content (AvgIpc) is 2.85. The zero-order valence-electron chi connectivity index (χ0n) is 19.0. The molecule has 2 aromatic carbocycles. The van der Waals surface area contributed by atoms with Crippen LogP contribution in [0.3, 0.4) is 0 Å². The SMILES string of the molecule is COc1ccc(CCNC(=O)[C@H](C#N)c2nc3ccccc3nc2N2CCN(C)CC2)cc1. The Labute approximate surface area is 193 Å². The van der Waals surface area contributed by atoms with Gasteiger partial charge >= 0.3 is 0 Å². The van der Waals surface area contributed by atoms with Crippen molar-refractivity contribution in [2.45, 2.75) is 12.3 Å². The van der Waals surface area contributed by atoms with Crippen molar-refractivity contribution in [3.05, 3.63) is 59.8 Å². The van der Waals surface area contributed by atoms with Gasteiger partial charge < -0.3 is 19.9 Å². The molecule has 1 aromatic heterocycles. The number of nitrogens with one attached hydrogen (secondary N) is 1. The highest BCUT2D eigenvalue weighted by Gasteiger charge is 2.29. The number of likely N-dealkylation sites (N-methyl/N-ethyl adjacent to an activating group) is 1. The van der Waals surface area contributed by atoms with Gasteiger partial charge in [-0.25, -0.2) is 9.97 Å². The molecule has 2 heterocycles. The van der Waals surface area contributed by atoms with Crippen LogP contribution in [0, 0.1) is 11.3 Å². The Morgan fingerprint density at radius 3 is 2.39 bits per heavy atom. The van der Waals surface area contributed by atoms with Crippen LogP contribution in [0.25, 0.3) is 11.0 Å². The van der Waals surface area contributed by atoms with E-state index in [1.165, 1.54) is 0 Å². The van der Waals surface area contributed by atoms with Gasteiger partial charge in [0, 0.05) is 32.7 Å². The van der Waals surface area contributed by atoms with Crippen molar-refractivity contribution in [1.29, 1.82) is 5.26 Å². The van der Waals surface area contributed by atoms with Crippen LogP contribution in [0.5, 0.6) is 5.75 Å². The number of amides is 1. The number of hydrogen-bond donors (Lipinski definition) is 1. The molecule has 3 aromatic rings.